The molecule has 134 valence electrons. The van der Waals surface area contributed by atoms with Gasteiger partial charge in [-0.25, -0.2) is 4.79 Å². The highest BCUT2D eigenvalue weighted by molar-refractivity contribution is 6.28. The first-order valence-electron chi connectivity index (χ1n) is 8.28. The molecular weight excluding hydrogens is 364 g/mol. The second kappa shape index (κ2) is 7.47. The van der Waals surface area contributed by atoms with Gasteiger partial charge in [0.2, 0.25) is 5.28 Å². The lowest BCUT2D eigenvalue weighted by atomic mass is 10.2. The van der Waals surface area contributed by atoms with Crippen molar-refractivity contribution < 1.29 is 4.74 Å². The third-order valence-corrected chi connectivity index (χ3v) is 4.25. The first-order valence-corrected chi connectivity index (χ1v) is 8.66. The number of hydrogen-bond acceptors (Lipinski definition) is 4. The maximum Gasteiger partial charge on any atom is 0.352 e. The highest BCUT2D eigenvalue weighted by atomic mass is 35.5. The van der Waals surface area contributed by atoms with Crippen molar-refractivity contribution in [1.82, 2.24) is 19.3 Å². The summed E-state index contributed by atoms with van der Waals surface area (Å²) in [4.78, 5) is 16.7. The van der Waals surface area contributed by atoms with Crippen molar-refractivity contribution in [3.8, 4) is 17.2 Å². The van der Waals surface area contributed by atoms with Gasteiger partial charge in [-0.05, 0) is 53.6 Å². The van der Waals surface area contributed by atoms with Gasteiger partial charge in [0.25, 0.3) is 0 Å². The molecule has 0 spiro atoms. The van der Waals surface area contributed by atoms with E-state index in [1.54, 1.807) is 48.8 Å². The molecule has 0 radical (unpaired) electrons. The lowest BCUT2D eigenvalue weighted by Gasteiger charge is -2.06. The second-order valence-electron chi connectivity index (χ2n) is 5.81. The van der Waals surface area contributed by atoms with Crippen LogP contribution in [0, 0.1) is 0 Å². The van der Waals surface area contributed by atoms with Crippen LogP contribution in [0.5, 0.6) is 11.5 Å². The van der Waals surface area contributed by atoms with Gasteiger partial charge in [-0.2, -0.15) is 4.68 Å². The molecule has 2 heterocycles. The van der Waals surface area contributed by atoms with Gasteiger partial charge >= 0.3 is 5.69 Å². The molecule has 4 aromatic rings. The number of ether oxygens (including phenoxy) is 1. The number of hydrogen-bond donors (Lipinski definition) is 0. The van der Waals surface area contributed by atoms with Crippen LogP contribution in [0.1, 0.15) is 5.56 Å². The summed E-state index contributed by atoms with van der Waals surface area (Å²) in [6.45, 7) is 0.363. The minimum Gasteiger partial charge on any atom is -0.457 e. The zero-order valence-corrected chi connectivity index (χ0v) is 15.0. The molecule has 0 amide bonds. The Morgan fingerprint density at radius 1 is 0.889 bits per heavy atom. The topological polar surface area (TPSA) is 61.9 Å². The summed E-state index contributed by atoms with van der Waals surface area (Å²) in [5.74, 6) is 1.33. The van der Waals surface area contributed by atoms with Crippen molar-refractivity contribution in [1.29, 1.82) is 0 Å². The normalized spacial score (nSPS) is 10.7. The van der Waals surface area contributed by atoms with Gasteiger partial charge in [0.15, 0.2) is 0 Å². The van der Waals surface area contributed by atoms with Crippen LogP contribution in [0.4, 0.5) is 0 Å². The molecule has 0 aliphatic heterocycles. The van der Waals surface area contributed by atoms with E-state index in [1.165, 1.54) is 9.25 Å². The number of halogens is 1. The molecule has 0 bridgehead atoms. The molecule has 6 nitrogen and oxygen atoms in total. The average Bonchev–Trinajstić information content (AvgIpc) is 2.98. The maximum atomic E-state index is 12.7. The number of rotatable bonds is 5. The molecule has 0 saturated heterocycles. The number of nitrogens with zero attached hydrogens (tertiary/aromatic N) is 4. The first kappa shape index (κ1) is 17.1. The van der Waals surface area contributed by atoms with Gasteiger partial charge in [0.05, 0.1) is 12.2 Å². The molecule has 2 aromatic heterocycles. The first-order chi connectivity index (χ1) is 13.2. The zero-order chi connectivity index (χ0) is 18.6. The molecule has 0 unspecified atom stereocenters. The molecule has 4 rings (SSSR count). The Hall–Kier alpha value is -3.38. The van der Waals surface area contributed by atoms with E-state index in [1.807, 2.05) is 30.3 Å². The Balaban J connectivity index is 1.58. The molecular formula is C20H15ClN4O2. The lowest BCUT2D eigenvalue weighted by Crippen LogP contribution is -2.24. The maximum absolute atomic E-state index is 12.7. The standard InChI is InChI=1S/C20H15ClN4O2/c21-19-23-25(20(26)24(19)14-15-4-2-1-3-5-15)16-6-8-17(9-7-16)27-18-10-12-22-13-11-18/h1-13H,14H2. The third kappa shape index (κ3) is 3.75. The van der Waals surface area contributed by atoms with Gasteiger partial charge in [-0.15, -0.1) is 5.10 Å². The van der Waals surface area contributed by atoms with Gasteiger partial charge < -0.3 is 4.74 Å². The van der Waals surface area contributed by atoms with Crippen LogP contribution >= 0.6 is 11.6 Å². The molecule has 0 atom stereocenters. The monoisotopic (exact) mass is 378 g/mol. The molecule has 0 saturated carbocycles. The van der Waals surface area contributed by atoms with Crippen LogP contribution in [-0.4, -0.2) is 19.3 Å². The smallest absolute Gasteiger partial charge is 0.352 e. The van der Waals surface area contributed by atoms with E-state index in [0.29, 0.717) is 23.7 Å². The van der Waals surface area contributed by atoms with Gasteiger partial charge in [-0.1, -0.05) is 30.3 Å². The van der Waals surface area contributed by atoms with Gasteiger partial charge in [0.1, 0.15) is 11.5 Å². The zero-order valence-electron chi connectivity index (χ0n) is 14.2. The molecule has 0 aliphatic rings. The number of aromatic nitrogens is 4. The van der Waals surface area contributed by atoms with Crippen LogP contribution in [0.2, 0.25) is 5.28 Å². The van der Waals surface area contributed by atoms with Crippen LogP contribution < -0.4 is 10.4 Å². The van der Waals surface area contributed by atoms with Crippen molar-refractivity contribution in [3.05, 3.63) is 100 Å². The fourth-order valence-corrected chi connectivity index (χ4v) is 2.84. The van der Waals surface area contributed by atoms with Crippen LogP contribution in [0.25, 0.3) is 5.69 Å². The average molecular weight is 379 g/mol. The summed E-state index contributed by atoms with van der Waals surface area (Å²) in [6.07, 6.45) is 3.31. The molecule has 0 N–H and O–H groups in total. The Morgan fingerprint density at radius 2 is 1.56 bits per heavy atom. The Bertz CT molecular complexity index is 1090. The molecule has 7 heteroatoms. The Morgan fingerprint density at radius 3 is 2.26 bits per heavy atom. The van der Waals surface area contributed by atoms with Crippen molar-refractivity contribution >= 4 is 11.6 Å². The molecule has 0 fully saturated rings. The summed E-state index contributed by atoms with van der Waals surface area (Å²) >= 11 is 6.19. The Kier molecular flexibility index (Phi) is 4.72. The van der Waals surface area contributed by atoms with E-state index in [9.17, 15) is 4.79 Å². The van der Waals surface area contributed by atoms with Crippen molar-refractivity contribution in [2.24, 2.45) is 0 Å². The fourth-order valence-electron chi connectivity index (χ4n) is 2.64. The quantitative estimate of drug-likeness (QED) is 0.528. The predicted octanol–water partition coefficient (Wildman–Crippen LogP) is 3.92. The number of pyridine rings is 1. The van der Waals surface area contributed by atoms with E-state index < -0.39 is 0 Å². The second-order valence-corrected chi connectivity index (χ2v) is 6.15. The lowest BCUT2D eigenvalue weighted by molar-refractivity contribution is 0.482. The van der Waals surface area contributed by atoms with E-state index >= 15 is 0 Å². The van der Waals surface area contributed by atoms with E-state index in [-0.39, 0.29) is 11.0 Å². The van der Waals surface area contributed by atoms with Crippen molar-refractivity contribution in [3.63, 3.8) is 0 Å². The van der Waals surface area contributed by atoms with E-state index in [4.69, 9.17) is 16.3 Å². The summed E-state index contributed by atoms with van der Waals surface area (Å²) in [5, 5.41) is 4.31. The summed E-state index contributed by atoms with van der Waals surface area (Å²) in [5.41, 5.74) is 1.28. The number of benzene rings is 2. The summed E-state index contributed by atoms with van der Waals surface area (Å²) < 4.78 is 8.44. The SMILES string of the molecule is O=c1n(-c2ccc(Oc3ccncc3)cc2)nc(Cl)n1Cc1ccccc1. The third-order valence-electron chi connectivity index (χ3n) is 3.97. The van der Waals surface area contributed by atoms with Crippen molar-refractivity contribution in [2.45, 2.75) is 6.54 Å². The Labute approximate surface area is 160 Å². The van der Waals surface area contributed by atoms with E-state index in [2.05, 4.69) is 10.1 Å². The van der Waals surface area contributed by atoms with Crippen molar-refractivity contribution in [2.75, 3.05) is 0 Å². The van der Waals surface area contributed by atoms with Crippen LogP contribution in [-0.2, 0) is 6.54 Å². The summed E-state index contributed by atoms with van der Waals surface area (Å²) in [7, 11) is 0. The van der Waals surface area contributed by atoms with E-state index in [0.717, 1.165) is 5.56 Å². The van der Waals surface area contributed by atoms with Gasteiger partial charge in [-0.3, -0.25) is 9.55 Å². The summed E-state index contributed by atoms with van der Waals surface area (Å²) in [6, 6.07) is 20.2. The minimum absolute atomic E-state index is 0.140. The molecule has 27 heavy (non-hydrogen) atoms. The molecule has 2 aromatic carbocycles. The highest BCUT2D eigenvalue weighted by Gasteiger charge is 2.13. The highest BCUT2D eigenvalue weighted by Crippen LogP contribution is 2.21. The minimum atomic E-state index is -0.299. The largest absolute Gasteiger partial charge is 0.457 e. The van der Waals surface area contributed by atoms with Crippen LogP contribution in [0.15, 0.2) is 83.9 Å². The van der Waals surface area contributed by atoms with Gasteiger partial charge in [0, 0.05) is 12.4 Å². The van der Waals surface area contributed by atoms with Crippen LogP contribution in [0.3, 0.4) is 0 Å². The fraction of sp³-hybridized carbons (Fsp3) is 0.0500. The predicted molar refractivity (Wildman–Crippen MR) is 103 cm³/mol. The molecule has 0 aliphatic carbocycles.